The first-order valence-electron chi connectivity index (χ1n) is 5.79. The molecule has 1 aliphatic carbocycles. The van der Waals surface area contributed by atoms with E-state index in [4.69, 9.17) is 4.74 Å². The van der Waals surface area contributed by atoms with Gasteiger partial charge in [-0.2, -0.15) is 8.78 Å². The molecule has 0 aromatic heterocycles. The molecule has 5 heteroatoms. The molecule has 0 saturated heterocycles. The summed E-state index contributed by atoms with van der Waals surface area (Å²) in [6, 6.07) is 0. The lowest BCUT2D eigenvalue weighted by atomic mass is 10.0. The first-order chi connectivity index (χ1) is 8.03. The quantitative estimate of drug-likeness (QED) is 0.766. The third kappa shape index (κ3) is 5.64. The SMILES string of the molecule is CCNC(=O)COC1CCC#CC(F)(F)CC1. The van der Waals surface area contributed by atoms with Gasteiger partial charge in [-0.15, -0.1) is 0 Å². The minimum atomic E-state index is -2.92. The maximum absolute atomic E-state index is 13.0. The van der Waals surface area contributed by atoms with E-state index in [-0.39, 0.29) is 31.5 Å². The second kappa shape index (κ2) is 6.55. The van der Waals surface area contributed by atoms with Crippen LogP contribution in [0.1, 0.15) is 32.6 Å². The summed E-state index contributed by atoms with van der Waals surface area (Å²) in [5, 5.41) is 2.59. The van der Waals surface area contributed by atoms with Gasteiger partial charge in [0.15, 0.2) is 0 Å². The van der Waals surface area contributed by atoms with E-state index < -0.39 is 5.92 Å². The topological polar surface area (TPSA) is 38.3 Å². The maximum Gasteiger partial charge on any atom is 0.308 e. The molecular formula is C12H17F2NO2. The fraction of sp³-hybridized carbons (Fsp3) is 0.750. The zero-order valence-corrected chi connectivity index (χ0v) is 9.89. The van der Waals surface area contributed by atoms with Gasteiger partial charge >= 0.3 is 5.92 Å². The minimum Gasteiger partial charge on any atom is -0.368 e. The number of nitrogens with one attached hydrogen (secondary N) is 1. The van der Waals surface area contributed by atoms with E-state index in [1.165, 1.54) is 0 Å². The van der Waals surface area contributed by atoms with E-state index in [1.54, 1.807) is 0 Å². The summed E-state index contributed by atoms with van der Waals surface area (Å²) in [6.07, 6.45) is 0.609. The van der Waals surface area contributed by atoms with Gasteiger partial charge in [0.05, 0.1) is 6.10 Å². The zero-order valence-electron chi connectivity index (χ0n) is 9.89. The number of ether oxygens (including phenoxy) is 1. The molecule has 1 amide bonds. The van der Waals surface area contributed by atoms with E-state index in [1.807, 2.05) is 12.8 Å². The van der Waals surface area contributed by atoms with Crippen LogP contribution in [0.5, 0.6) is 0 Å². The molecule has 1 aliphatic rings. The van der Waals surface area contributed by atoms with Crippen molar-refractivity contribution >= 4 is 5.91 Å². The molecule has 0 saturated carbocycles. The monoisotopic (exact) mass is 245 g/mol. The lowest BCUT2D eigenvalue weighted by molar-refractivity contribution is -0.128. The fourth-order valence-corrected chi connectivity index (χ4v) is 1.58. The number of hydrogen-bond donors (Lipinski definition) is 1. The van der Waals surface area contributed by atoms with Gasteiger partial charge in [0.2, 0.25) is 5.91 Å². The van der Waals surface area contributed by atoms with Gasteiger partial charge in [-0.3, -0.25) is 4.79 Å². The van der Waals surface area contributed by atoms with Crippen LogP contribution in [0.15, 0.2) is 0 Å². The maximum atomic E-state index is 13.0. The largest absolute Gasteiger partial charge is 0.368 e. The summed E-state index contributed by atoms with van der Waals surface area (Å²) in [5.41, 5.74) is 0. The zero-order chi connectivity index (χ0) is 12.7. The summed E-state index contributed by atoms with van der Waals surface area (Å²) >= 11 is 0. The average Bonchev–Trinajstić information content (AvgIpc) is 2.24. The van der Waals surface area contributed by atoms with Crippen LogP contribution in [0.25, 0.3) is 0 Å². The number of carbonyl (C=O) groups excluding carboxylic acids is 1. The predicted octanol–water partition coefficient (Wildman–Crippen LogP) is 1.72. The van der Waals surface area contributed by atoms with E-state index in [0.29, 0.717) is 19.4 Å². The van der Waals surface area contributed by atoms with Crippen LogP contribution in [0.2, 0.25) is 0 Å². The highest BCUT2D eigenvalue weighted by Crippen LogP contribution is 2.24. The third-order valence-electron chi connectivity index (χ3n) is 2.47. The Kier molecular flexibility index (Phi) is 5.36. The lowest BCUT2D eigenvalue weighted by Crippen LogP contribution is -2.30. The van der Waals surface area contributed by atoms with Crippen LogP contribution in [0.4, 0.5) is 8.78 Å². The normalized spacial score (nSPS) is 22.9. The molecular weight excluding hydrogens is 228 g/mol. The Balaban J connectivity index is 2.36. The van der Waals surface area contributed by atoms with Gasteiger partial charge in [0.25, 0.3) is 0 Å². The molecule has 96 valence electrons. The molecule has 0 bridgehead atoms. The van der Waals surface area contributed by atoms with Gasteiger partial charge in [0.1, 0.15) is 6.61 Å². The van der Waals surface area contributed by atoms with Crippen LogP contribution >= 0.6 is 0 Å². The van der Waals surface area contributed by atoms with Crippen molar-refractivity contribution < 1.29 is 18.3 Å². The Morgan fingerprint density at radius 3 is 3.00 bits per heavy atom. The first-order valence-corrected chi connectivity index (χ1v) is 5.79. The van der Waals surface area contributed by atoms with Crippen molar-refractivity contribution in [1.82, 2.24) is 5.32 Å². The number of amides is 1. The van der Waals surface area contributed by atoms with Gasteiger partial charge in [-0.1, -0.05) is 5.92 Å². The first kappa shape index (κ1) is 13.9. The number of hydrogen-bond acceptors (Lipinski definition) is 2. The van der Waals surface area contributed by atoms with Crippen molar-refractivity contribution in [3.8, 4) is 11.8 Å². The highest BCUT2D eigenvalue weighted by molar-refractivity contribution is 5.77. The standard InChI is InChI=1S/C12H17F2NO2/c1-2-15-11(16)9-17-10-5-3-4-7-12(13,14)8-6-10/h10H,2-3,5-6,8-9H2,1H3,(H,15,16). The number of carbonyl (C=O) groups is 1. The average molecular weight is 245 g/mol. The molecule has 0 spiro atoms. The summed E-state index contributed by atoms with van der Waals surface area (Å²) in [4.78, 5) is 11.2. The van der Waals surface area contributed by atoms with Crippen molar-refractivity contribution in [3.05, 3.63) is 0 Å². The highest BCUT2D eigenvalue weighted by atomic mass is 19.3. The molecule has 1 N–H and O–H groups in total. The van der Waals surface area contributed by atoms with E-state index >= 15 is 0 Å². The van der Waals surface area contributed by atoms with Crippen molar-refractivity contribution in [2.75, 3.05) is 13.2 Å². The van der Waals surface area contributed by atoms with E-state index in [9.17, 15) is 13.6 Å². The molecule has 1 unspecified atom stereocenters. The summed E-state index contributed by atoms with van der Waals surface area (Å²) in [5.74, 6) is 1.25. The number of likely N-dealkylation sites (N-methyl/N-ethyl adjacent to an activating group) is 1. The lowest BCUT2D eigenvalue weighted by Gasteiger charge is -2.20. The molecule has 0 aromatic rings. The summed E-state index contributed by atoms with van der Waals surface area (Å²) in [7, 11) is 0. The Labute approximate surface area is 99.9 Å². The molecule has 3 nitrogen and oxygen atoms in total. The second-order valence-electron chi connectivity index (χ2n) is 3.97. The molecule has 17 heavy (non-hydrogen) atoms. The van der Waals surface area contributed by atoms with E-state index in [0.717, 1.165) is 0 Å². The molecule has 1 rings (SSSR count). The van der Waals surface area contributed by atoms with Crippen LogP contribution in [-0.2, 0) is 9.53 Å². The number of alkyl halides is 2. The molecule has 0 heterocycles. The van der Waals surface area contributed by atoms with Crippen molar-refractivity contribution in [2.45, 2.75) is 44.6 Å². The molecule has 0 fully saturated rings. The van der Waals surface area contributed by atoms with Crippen LogP contribution < -0.4 is 5.32 Å². The predicted molar refractivity (Wildman–Crippen MR) is 59.6 cm³/mol. The summed E-state index contributed by atoms with van der Waals surface area (Å²) in [6.45, 7) is 2.28. The van der Waals surface area contributed by atoms with Crippen LogP contribution in [0, 0.1) is 11.8 Å². The molecule has 0 aromatic carbocycles. The highest BCUT2D eigenvalue weighted by Gasteiger charge is 2.28. The number of rotatable bonds is 4. The van der Waals surface area contributed by atoms with Crippen LogP contribution in [0.3, 0.4) is 0 Å². The Morgan fingerprint density at radius 2 is 2.29 bits per heavy atom. The van der Waals surface area contributed by atoms with Crippen molar-refractivity contribution in [1.29, 1.82) is 0 Å². The number of halogens is 2. The smallest absolute Gasteiger partial charge is 0.308 e. The van der Waals surface area contributed by atoms with Crippen LogP contribution in [-0.4, -0.2) is 31.1 Å². The Bertz CT molecular complexity index is 320. The second-order valence-corrected chi connectivity index (χ2v) is 3.97. The van der Waals surface area contributed by atoms with Crippen molar-refractivity contribution in [2.24, 2.45) is 0 Å². The molecule has 0 radical (unpaired) electrons. The van der Waals surface area contributed by atoms with Gasteiger partial charge < -0.3 is 10.1 Å². The van der Waals surface area contributed by atoms with E-state index in [2.05, 4.69) is 11.2 Å². The molecule has 0 aliphatic heterocycles. The van der Waals surface area contributed by atoms with Crippen molar-refractivity contribution in [3.63, 3.8) is 0 Å². The summed E-state index contributed by atoms with van der Waals surface area (Å²) < 4.78 is 31.4. The fourth-order valence-electron chi connectivity index (χ4n) is 1.58. The van der Waals surface area contributed by atoms with Gasteiger partial charge in [-0.05, 0) is 25.7 Å². The van der Waals surface area contributed by atoms with Gasteiger partial charge in [0, 0.05) is 19.4 Å². The molecule has 1 atom stereocenters. The minimum absolute atomic E-state index is 0.0719. The third-order valence-corrected chi connectivity index (χ3v) is 2.47. The van der Waals surface area contributed by atoms with Gasteiger partial charge in [-0.25, -0.2) is 0 Å². The Hall–Kier alpha value is -1.15. The Morgan fingerprint density at radius 1 is 1.53 bits per heavy atom.